The monoisotopic (exact) mass is 549 g/mol. The first-order valence-electron chi connectivity index (χ1n) is 14.0. The van der Waals surface area contributed by atoms with Crippen molar-refractivity contribution in [1.29, 1.82) is 0 Å². The number of hydrogen-bond donors (Lipinski definition) is 1. The molecule has 1 atom stereocenters. The number of ether oxygens (including phenoxy) is 2. The third-order valence-corrected chi connectivity index (χ3v) is 8.19. The van der Waals surface area contributed by atoms with Crippen LogP contribution < -0.4 is 0 Å². The van der Waals surface area contributed by atoms with Crippen molar-refractivity contribution < 1.29 is 29.0 Å². The maximum Gasteiger partial charge on any atom is 0.410 e. The van der Waals surface area contributed by atoms with Crippen LogP contribution in [0.5, 0.6) is 0 Å². The van der Waals surface area contributed by atoms with Crippen LogP contribution in [0.25, 0.3) is 11.1 Å². The van der Waals surface area contributed by atoms with E-state index in [1.165, 1.54) is 9.80 Å². The number of carboxylic acid groups (broad SMARTS) is 1. The summed E-state index contributed by atoms with van der Waals surface area (Å²) in [5.74, 6) is -1.18. The van der Waals surface area contributed by atoms with Gasteiger partial charge in [0.05, 0.1) is 13.1 Å². The zero-order chi connectivity index (χ0) is 28.7. The number of amides is 2. The maximum atomic E-state index is 13.8. The van der Waals surface area contributed by atoms with E-state index in [2.05, 4.69) is 17.0 Å². The second-order valence-electron chi connectivity index (χ2n) is 12.4. The van der Waals surface area contributed by atoms with Gasteiger partial charge in [-0.2, -0.15) is 0 Å². The first-order valence-corrected chi connectivity index (χ1v) is 14.0. The first kappa shape index (κ1) is 28.0. The number of aliphatic carboxylic acids is 1. The molecular weight excluding hydrogens is 510 g/mol. The Morgan fingerprint density at radius 3 is 2.17 bits per heavy atom. The Morgan fingerprint density at radius 1 is 1.02 bits per heavy atom. The summed E-state index contributed by atoms with van der Waals surface area (Å²) < 4.78 is 11.4. The van der Waals surface area contributed by atoms with Gasteiger partial charge in [-0.05, 0) is 75.4 Å². The Labute approximate surface area is 235 Å². The van der Waals surface area contributed by atoms with Crippen molar-refractivity contribution in [2.24, 2.45) is 5.92 Å². The van der Waals surface area contributed by atoms with Gasteiger partial charge in [0.2, 0.25) is 0 Å². The van der Waals surface area contributed by atoms with Crippen molar-refractivity contribution in [2.45, 2.75) is 50.7 Å². The van der Waals surface area contributed by atoms with Crippen LogP contribution in [0.4, 0.5) is 9.59 Å². The van der Waals surface area contributed by atoms with Crippen LogP contribution in [0.1, 0.15) is 50.7 Å². The molecule has 5 rings (SSSR count). The molecule has 1 N–H and O–H groups in total. The molecule has 0 aromatic heterocycles. The summed E-state index contributed by atoms with van der Waals surface area (Å²) in [6.45, 7) is 7.06. The molecule has 214 valence electrons. The van der Waals surface area contributed by atoms with Crippen LogP contribution in [-0.4, -0.2) is 95.5 Å². The van der Waals surface area contributed by atoms with Gasteiger partial charge < -0.3 is 24.4 Å². The first-order chi connectivity index (χ1) is 19.0. The maximum absolute atomic E-state index is 13.8. The van der Waals surface area contributed by atoms with E-state index in [1.54, 1.807) is 20.8 Å². The van der Waals surface area contributed by atoms with Gasteiger partial charge in [-0.15, -0.1) is 0 Å². The molecule has 9 heteroatoms. The Kier molecular flexibility index (Phi) is 7.52. The highest BCUT2D eigenvalue weighted by Crippen LogP contribution is 2.44. The molecule has 2 aromatic carbocycles. The number of fused-ring (bicyclic) bond motifs is 3. The molecule has 2 fully saturated rings. The third kappa shape index (κ3) is 5.39. The number of piperidine rings is 1. The molecule has 3 aliphatic rings. The van der Waals surface area contributed by atoms with Crippen molar-refractivity contribution in [3.63, 3.8) is 0 Å². The molecule has 0 saturated carbocycles. The Morgan fingerprint density at radius 2 is 1.62 bits per heavy atom. The Balaban J connectivity index is 1.37. The fourth-order valence-electron chi connectivity index (χ4n) is 6.24. The fourth-order valence-corrected chi connectivity index (χ4v) is 6.24. The van der Waals surface area contributed by atoms with E-state index in [1.807, 2.05) is 43.4 Å². The van der Waals surface area contributed by atoms with Crippen LogP contribution in [0.3, 0.4) is 0 Å². The fraction of sp³-hybridized carbons (Fsp3) is 0.516. The van der Waals surface area contributed by atoms with Crippen LogP contribution in [-0.2, 0) is 14.3 Å². The molecule has 9 nitrogen and oxygen atoms in total. The zero-order valence-electron chi connectivity index (χ0n) is 23.8. The lowest BCUT2D eigenvalue weighted by Gasteiger charge is -2.52. The van der Waals surface area contributed by atoms with Gasteiger partial charge in [0.1, 0.15) is 12.2 Å². The van der Waals surface area contributed by atoms with Crippen molar-refractivity contribution in [1.82, 2.24) is 14.7 Å². The van der Waals surface area contributed by atoms with Crippen molar-refractivity contribution in [2.75, 3.05) is 46.4 Å². The Bertz CT molecular complexity index is 1240. The second kappa shape index (κ2) is 10.8. The molecular formula is C31H39N3O6. The molecule has 0 bridgehead atoms. The lowest BCUT2D eigenvalue weighted by molar-refractivity contribution is -0.163. The summed E-state index contributed by atoms with van der Waals surface area (Å²) in [7, 11) is 2.03. The minimum absolute atomic E-state index is 0.0966. The van der Waals surface area contributed by atoms with E-state index in [-0.39, 0.29) is 38.1 Å². The Hall–Kier alpha value is -3.59. The largest absolute Gasteiger partial charge is 0.479 e. The number of nitrogens with zero attached hydrogens (tertiary/aromatic N) is 3. The number of carbonyl (C=O) groups excluding carboxylic acids is 2. The van der Waals surface area contributed by atoms with Crippen LogP contribution in [0.2, 0.25) is 0 Å². The molecule has 2 aromatic rings. The summed E-state index contributed by atoms with van der Waals surface area (Å²) in [4.78, 5) is 44.2. The van der Waals surface area contributed by atoms with Gasteiger partial charge in [-0.1, -0.05) is 48.5 Å². The van der Waals surface area contributed by atoms with Gasteiger partial charge in [0.25, 0.3) is 0 Å². The molecule has 2 amide bonds. The van der Waals surface area contributed by atoms with Gasteiger partial charge in [-0.25, -0.2) is 14.4 Å². The van der Waals surface area contributed by atoms with Crippen LogP contribution in [0.15, 0.2) is 48.5 Å². The van der Waals surface area contributed by atoms with E-state index in [4.69, 9.17) is 9.47 Å². The normalized spacial score (nSPS) is 20.2. The molecule has 2 saturated heterocycles. The van der Waals surface area contributed by atoms with E-state index in [9.17, 15) is 19.5 Å². The summed E-state index contributed by atoms with van der Waals surface area (Å²) in [5, 5.41) is 10.4. The molecule has 2 aliphatic heterocycles. The van der Waals surface area contributed by atoms with Crippen molar-refractivity contribution in [3.05, 3.63) is 59.7 Å². The third-order valence-electron chi connectivity index (χ3n) is 8.19. The SMILES string of the molecule is CN1CCCC(CN(C(=O)OCC2c3ccccc3-c3ccccc32)C2(C(=O)O)CN(C(=O)OC(C)(C)C)C2)C1. The standard InChI is InChI=1S/C31H39N3O6/c1-30(2,3)40-28(37)33-19-31(20-33,27(35)36)34(17-21-10-9-15-32(4)16-21)29(38)39-18-26-24-13-7-5-11-22(24)23-12-6-8-14-25(23)26/h5-8,11-14,21,26H,9-10,15-20H2,1-4H3,(H,35,36). The predicted molar refractivity (Wildman–Crippen MR) is 150 cm³/mol. The minimum atomic E-state index is -1.57. The molecule has 2 heterocycles. The highest BCUT2D eigenvalue weighted by Gasteiger charge is 2.59. The average Bonchev–Trinajstić information content (AvgIpc) is 3.18. The highest BCUT2D eigenvalue weighted by molar-refractivity contribution is 5.89. The van der Waals surface area contributed by atoms with Gasteiger partial charge in [0, 0.05) is 19.0 Å². The highest BCUT2D eigenvalue weighted by atomic mass is 16.6. The van der Waals surface area contributed by atoms with E-state index in [0.29, 0.717) is 0 Å². The smallest absolute Gasteiger partial charge is 0.410 e. The number of carbonyl (C=O) groups is 3. The van der Waals surface area contributed by atoms with Crippen LogP contribution in [0, 0.1) is 5.92 Å². The summed E-state index contributed by atoms with van der Waals surface area (Å²) >= 11 is 0. The number of hydrogen-bond acceptors (Lipinski definition) is 6. The van der Waals surface area contributed by atoms with E-state index >= 15 is 0 Å². The summed E-state index contributed by atoms with van der Waals surface area (Å²) in [6, 6.07) is 16.2. The van der Waals surface area contributed by atoms with Gasteiger partial charge in [-0.3, -0.25) is 4.90 Å². The predicted octanol–water partition coefficient (Wildman–Crippen LogP) is 4.65. The zero-order valence-corrected chi connectivity index (χ0v) is 23.8. The molecule has 40 heavy (non-hydrogen) atoms. The second-order valence-corrected chi connectivity index (χ2v) is 12.4. The number of benzene rings is 2. The number of likely N-dealkylation sites (tertiary alicyclic amines) is 2. The summed E-state index contributed by atoms with van der Waals surface area (Å²) in [5.41, 5.74) is 2.13. The van der Waals surface area contributed by atoms with E-state index < -0.39 is 29.3 Å². The van der Waals surface area contributed by atoms with Crippen molar-refractivity contribution >= 4 is 18.2 Å². The minimum Gasteiger partial charge on any atom is -0.479 e. The number of carboxylic acids is 1. The van der Waals surface area contributed by atoms with Gasteiger partial charge in [0.15, 0.2) is 5.54 Å². The number of rotatable bonds is 6. The molecule has 1 unspecified atom stereocenters. The summed E-state index contributed by atoms with van der Waals surface area (Å²) in [6.07, 6.45) is 0.614. The topological polar surface area (TPSA) is 99.6 Å². The van der Waals surface area contributed by atoms with Gasteiger partial charge >= 0.3 is 18.2 Å². The average molecular weight is 550 g/mol. The quantitative estimate of drug-likeness (QED) is 0.560. The lowest BCUT2D eigenvalue weighted by atomic mass is 9.86. The molecule has 1 aliphatic carbocycles. The molecule has 0 spiro atoms. The molecule has 0 radical (unpaired) electrons. The van der Waals surface area contributed by atoms with Crippen molar-refractivity contribution in [3.8, 4) is 11.1 Å². The van der Waals surface area contributed by atoms with E-state index in [0.717, 1.165) is 48.2 Å². The lowest BCUT2D eigenvalue weighted by Crippen LogP contribution is -2.76. The van der Waals surface area contributed by atoms with Crippen LogP contribution >= 0.6 is 0 Å².